The van der Waals surface area contributed by atoms with Crippen LogP contribution in [0.3, 0.4) is 0 Å². The fourth-order valence-electron chi connectivity index (χ4n) is 4.83. The largest absolute Gasteiger partial charge is 0.455 e. The maximum atomic E-state index is 8.81. The van der Waals surface area contributed by atoms with Gasteiger partial charge in [-0.25, -0.2) is 0 Å². The molecule has 0 fully saturated rings. The molecule has 36 heavy (non-hydrogen) atoms. The van der Waals surface area contributed by atoms with Crippen molar-refractivity contribution in [2.24, 2.45) is 0 Å². The molecule has 0 radical (unpaired) electrons. The summed E-state index contributed by atoms with van der Waals surface area (Å²) in [5, 5.41) is 2.08. The first kappa shape index (κ1) is 20.3. The number of fused-ring (bicyclic) bond motifs is 3. The van der Waals surface area contributed by atoms with E-state index in [0.29, 0.717) is 5.56 Å². The van der Waals surface area contributed by atoms with E-state index in [0.717, 1.165) is 49.9 Å². The summed E-state index contributed by atoms with van der Waals surface area (Å²) < 4.78 is 24.3. The maximum absolute atomic E-state index is 8.81. The predicted molar refractivity (Wildman–Crippen MR) is 155 cm³/mol. The van der Waals surface area contributed by atoms with E-state index in [9.17, 15) is 0 Å². The molecule has 0 N–H and O–H groups in total. The van der Waals surface area contributed by atoms with Gasteiger partial charge >= 0.3 is 0 Å². The Balaban J connectivity index is 1.52. The van der Waals surface area contributed by atoms with Gasteiger partial charge < -0.3 is 4.42 Å². The number of rotatable bonds is 5. The molecule has 0 aliphatic heterocycles. The number of nitrogens with zero attached hydrogens (tertiary/aromatic N) is 1. The highest BCUT2D eigenvalue weighted by Gasteiger charge is 2.18. The van der Waals surface area contributed by atoms with Crippen LogP contribution in [-0.2, 0) is 6.00 Å². The van der Waals surface area contributed by atoms with Gasteiger partial charge in [0, 0.05) is 38.9 Å². The third kappa shape index (κ3) is 4.27. The Morgan fingerprint density at radius 2 is 1.31 bits per heavy atom. The van der Waals surface area contributed by atoms with Crippen molar-refractivity contribution >= 4 is 30.0 Å². The first-order valence-electron chi connectivity index (χ1n) is 13.3. The van der Waals surface area contributed by atoms with Crippen LogP contribution in [0.1, 0.15) is 8.30 Å². The van der Waals surface area contributed by atoms with Gasteiger partial charge in [-0.15, -0.1) is 0 Å². The first-order chi connectivity index (χ1) is 18.2. The van der Waals surface area contributed by atoms with Crippen molar-refractivity contribution in [2.75, 3.05) is 0 Å². The molecular weight excluding hydrogens is 454 g/mol. The Morgan fingerprint density at radius 1 is 0.667 bits per heavy atom. The van der Waals surface area contributed by atoms with Gasteiger partial charge in [-0.2, -0.15) is 0 Å². The molecule has 6 rings (SSSR count). The van der Waals surface area contributed by atoms with E-state index in [1.165, 1.54) is 5.56 Å². The fourth-order valence-corrected chi connectivity index (χ4v) is 5.86. The number of para-hydroxylation sites is 2. The van der Waals surface area contributed by atoms with Crippen molar-refractivity contribution in [2.45, 2.75) is 25.6 Å². The minimum absolute atomic E-state index is 0.674. The van der Waals surface area contributed by atoms with Crippen LogP contribution in [0.4, 0.5) is 0 Å². The second kappa shape index (κ2) is 8.92. The summed E-state index contributed by atoms with van der Waals surface area (Å²) in [6.45, 7) is 6.17. The smallest absolute Gasteiger partial charge is 0.144 e. The lowest BCUT2D eigenvalue weighted by molar-refractivity contribution is 0.671. The molecule has 6 aromatic rings. The molecule has 0 saturated heterocycles. The third-order valence-corrected chi connectivity index (χ3v) is 7.40. The van der Waals surface area contributed by atoms with Crippen molar-refractivity contribution in [1.29, 1.82) is 0 Å². The average molecular weight is 486 g/mol. The predicted octanol–water partition coefficient (Wildman–Crippen LogP) is 9.40. The summed E-state index contributed by atoms with van der Waals surface area (Å²) in [5.41, 5.74) is 8.36. The molecule has 2 heterocycles. The van der Waals surface area contributed by atoms with Crippen molar-refractivity contribution < 1.29 is 7.16 Å². The number of furan rings is 1. The molecule has 0 spiro atoms. The normalized spacial score (nSPS) is 13.1. The molecule has 3 heteroatoms. The fraction of sp³-hybridized carbons (Fsp3) is 0.121. The van der Waals surface area contributed by atoms with E-state index >= 15 is 0 Å². The van der Waals surface area contributed by atoms with Crippen LogP contribution in [0.25, 0.3) is 55.4 Å². The molecule has 176 valence electrons. The second-order valence-corrected chi connectivity index (χ2v) is 15.0. The van der Waals surface area contributed by atoms with Gasteiger partial charge in [-0.05, 0) is 52.5 Å². The molecule has 2 aromatic heterocycles. The summed E-state index contributed by atoms with van der Waals surface area (Å²) in [6, 6.07) is 35.1. The Labute approximate surface area is 216 Å². The highest BCUT2D eigenvalue weighted by atomic mass is 28.3. The van der Waals surface area contributed by atoms with E-state index in [1.54, 1.807) is 12.3 Å². The monoisotopic (exact) mass is 485 g/mol. The van der Waals surface area contributed by atoms with Gasteiger partial charge in [0.05, 0.1) is 5.69 Å². The van der Waals surface area contributed by atoms with Crippen LogP contribution in [0, 0.1) is 0 Å². The highest BCUT2D eigenvalue weighted by Crippen LogP contribution is 2.40. The minimum Gasteiger partial charge on any atom is -0.455 e. The SMILES string of the molecule is [2H]C([2H])(c1ccnc(-c2cccc3c2oc2c(-c4cccc(-c5ccccc5)c4)cccc23)c1)[Si](C)(C)C. The standard InChI is InChI=1S/C33H29NOSi/c1-36(2,3)22-23-18-19-34-31(20-23)30-17-9-16-29-28-15-8-14-27(32(28)35-33(29)30)26-13-7-12-25(21-26)24-10-5-4-6-11-24/h4-21H,22H2,1-3H3/i22D2. The maximum Gasteiger partial charge on any atom is 0.144 e. The van der Waals surface area contributed by atoms with Crippen LogP contribution >= 0.6 is 0 Å². The third-order valence-electron chi connectivity index (χ3n) is 6.36. The summed E-state index contributed by atoms with van der Waals surface area (Å²) >= 11 is 0. The van der Waals surface area contributed by atoms with Crippen LogP contribution in [0.15, 0.2) is 114 Å². The molecule has 0 atom stereocenters. The topological polar surface area (TPSA) is 26.0 Å². The Bertz CT molecular complexity index is 1780. The number of benzene rings is 4. The molecule has 0 amide bonds. The van der Waals surface area contributed by atoms with Crippen LogP contribution in [0.5, 0.6) is 0 Å². The molecular formula is C33H29NOSi. The molecule has 0 unspecified atom stereocenters. The second-order valence-electron chi connectivity index (χ2n) is 10.2. The van der Waals surface area contributed by atoms with E-state index in [-0.39, 0.29) is 0 Å². The van der Waals surface area contributed by atoms with E-state index < -0.39 is 14.1 Å². The average Bonchev–Trinajstić information content (AvgIpc) is 3.32. The van der Waals surface area contributed by atoms with Crippen molar-refractivity contribution in [1.82, 2.24) is 4.98 Å². The van der Waals surface area contributed by atoms with Gasteiger partial charge in [0.2, 0.25) is 0 Å². The molecule has 0 aliphatic rings. The summed E-state index contributed by atoms with van der Waals surface area (Å²) in [5.74, 6) is -1.37. The lowest BCUT2D eigenvalue weighted by Crippen LogP contribution is -2.23. The number of pyridine rings is 1. The van der Waals surface area contributed by atoms with Crippen molar-refractivity contribution in [3.8, 4) is 33.5 Å². The quantitative estimate of drug-likeness (QED) is 0.227. The number of hydrogen-bond donors (Lipinski definition) is 0. The zero-order valence-electron chi connectivity index (χ0n) is 22.7. The lowest BCUT2D eigenvalue weighted by Gasteiger charge is -2.16. The van der Waals surface area contributed by atoms with Crippen LogP contribution in [-0.4, -0.2) is 13.1 Å². The summed E-state index contributed by atoms with van der Waals surface area (Å²) in [7, 11) is -2.12. The van der Waals surface area contributed by atoms with Gasteiger partial charge in [0.1, 0.15) is 11.2 Å². The first-order valence-corrected chi connectivity index (χ1v) is 15.8. The zero-order valence-corrected chi connectivity index (χ0v) is 21.7. The summed E-state index contributed by atoms with van der Waals surface area (Å²) in [4.78, 5) is 4.64. The molecule has 0 aliphatic carbocycles. The minimum atomic E-state index is -2.12. The Morgan fingerprint density at radius 3 is 2.06 bits per heavy atom. The van der Waals surface area contributed by atoms with Crippen molar-refractivity contribution in [3.63, 3.8) is 0 Å². The van der Waals surface area contributed by atoms with E-state index in [4.69, 9.17) is 7.16 Å². The van der Waals surface area contributed by atoms with Gasteiger partial charge in [-0.1, -0.05) is 98.5 Å². The highest BCUT2D eigenvalue weighted by molar-refractivity contribution is 6.75. The molecule has 0 saturated carbocycles. The Kier molecular flexibility index (Phi) is 5.02. The van der Waals surface area contributed by atoms with Gasteiger partial charge in [0.25, 0.3) is 0 Å². The van der Waals surface area contributed by atoms with Crippen LogP contribution < -0.4 is 0 Å². The van der Waals surface area contributed by atoms with E-state index in [1.807, 2.05) is 24.3 Å². The van der Waals surface area contributed by atoms with E-state index in [2.05, 4.69) is 97.4 Å². The van der Waals surface area contributed by atoms with Crippen LogP contribution in [0.2, 0.25) is 19.6 Å². The Hall–Kier alpha value is -3.95. The molecule has 4 aromatic carbocycles. The van der Waals surface area contributed by atoms with Crippen molar-refractivity contribution in [3.05, 3.63) is 115 Å². The summed E-state index contributed by atoms with van der Waals surface area (Å²) in [6.07, 6.45) is 1.71. The lowest BCUT2D eigenvalue weighted by atomic mass is 9.97. The zero-order chi connectivity index (χ0) is 26.5. The van der Waals surface area contributed by atoms with Gasteiger partial charge in [-0.3, -0.25) is 4.98 Å². The molecule has 0 bridgehead atoms. The number of hydrogen-bond acceptors (Lipinski definition) is 2. The molecule has 2 nitrogen and oxygen atoms in total. The number of aromatic nitrogens is 1. The van der Waals surface area contributed by atoms with Gasteiger partial charge in [0.15, 0.2) is 0 Å².